The highest BCUT2D eigenvalue weighted by molar-refractivity contribution is 5.93. The molecular weight excluding hydrogens is 351 g/mol. The number of hydrogen-bond donors (Lipinski definition) is 1. The lowest BCUT2D eigenvalue weighted by molar-refractivity contribution is -0.144. The van der Waals surface area contributed by atoms with E-state index in [1.807, 2.05) is 20.8 Å². The molecule has 2 unspecified atom stereocenters. The molecule has 1 aromatic carbocycles. The van der Waals surface area contributed by atoms with E-state index in [0.717, 1.165) is 6.42 Å². The number of para-hydroxylation sites is 1. The van der Waals surface area contributed by atoms with Gasteiger partial charge < -0.3 is 10.0 Å². The Morgan fingerprint density at radius 1 is 1.30 bits per heavy atom. The van der Waals surface area contributed by atoms with Crippen molar-refractivity contribution < 1.29 is 19.1 Å². The lowest BCUT2D eigenvalue weighted by Crippen LogP contribution is -2.50. The predicted octanol–water partition coefficient (Wildman–Crippen LogP) is 2.86. The standard InChI is InChI=1S/C19H23FN4O3/c1-11(2)17-21-16(22-24(17)14-7-5-4-6-13(14)20)18(25)23-9-8-12(3)10-15(23)19(26)27/h4-7,11-12,15H,8-10H2,1-3H3,(H,26,27). The number of carboxylic acids is 1. The number of hydrogen-bond acceptors (Lipinski definition) is 4. The number of benzene rings is 1. The first kappa shape index (κ1) is 19.0. The Labute approximate surface area is 156 Å². The number of carbonyl (C=O) groups is 2. The molecule has 3 rings (SSSR count). The van der Waals surface area contributed by atoms with Gasteiger partial charge in [0.25, 0.3) is 5.91 Å². The molecule has 144 valence electrons. The van der Waals surface area contributed by atoms with Gasteiger partial charge >= 0.3 is 5.97 Å². The summed E-state index contributed by atoms with van der Waals surface area (Å²) in [6.07, 6.45) is 1.12. The van der Waals surface area contributed by atoms with Gasteiger partial charge in [-0.3, -0.25) is 4.79 Å². The highest BCUT2D eigenvalue weighted by atomic mass is 19.1. The molecule has 2 atom stereocenters. The number of aliphatic carboxylic acids is 1. The number of aromatic nitrogens is 3. The molecule has 1 saturated heterocycles. The van der Waals surface area contributed by atoms with Gasteiger partial charge in [-0.15, -0.1) is 5.10 Å². The van der Waals surface area contributed by atoms with Gasteiger partial charge in [0.15, 0.2) is 0 Å². The molecule has 0 radical (unpaired) electrons. The number of amides is 1. The van der Waals surface area contributed by atoms with Gasteiger partial charge in [0.2, 0.25) is 5.82 Å². The summed E-state index contributed by atoms with van der Waals surface area (Å²) in [7, 11) is 0. The quantitative estimate of drug-likeness (QED) is 0.889. The van der Waals surface area contributed by atoms with E-state index in [9.17, 15) is 19.1 Å². The number of nitrogens with zero attached hydrogens (tertiary/aromatic N) is 4. The number of carboxylic acid groups (broad SMARTS) is 1. The van der Waals surface area contributed by atoms with E-state index in [1.165, 1.54) is 15.6 Å². The fraction of sp³-hybridized carbons (Fsp3) is 0.474. The second-order valence-corrected chi connectivity index (χ2v) is 7.29. The molecule has 0 spiro atoms. The Morgan fingerprint density at radius 3 is 2.63 bits per heavy atom. The van der Waals surface area contributed by atoms with Gasteiger partial charge in [-0.1, -0.05) is 32.9 Å². The van der Waals surface area contributed by atoms with Crippen LogP contribution in [0, 0.1) is 11.7 Å². The Hall–Kier alpha value is -2.77. The van der Waals surface area contributed by atoms with Gasteiger partial charge in [0.05, 0.1) is 0 Å². The van der Waals surface area contributed by atoms with Gasteiger partial charge in [-0.05, 0) is 30.9 Å². The van der Waals surface area contributed by atoms with Gasteiger partial charge in [0.1, 0.15) is 23.4 Å². The zero-order chi connectivity index (χ0) is 19.7. The summed E-state index contributed by atoms with van der Waals surface area (Å²) < 4.78 is 15.6. The minimum absolute atomic E-state index is 0.102. The highest BCUT2D eigenvalue weighted by Gasteiger charge is 2.37. The van der Waals surface area contributed by atoms with Crippen LogP contribution in [0.5, 0.6) is 0 Å². The minimum atomic E-state index is -1.03. The molecule has 7 nitrogen and oxygen atoms in total. The molecule has 2 heterocycles. The maximum absolute atomic E-state index is 14.2. The Morgan fingerprint density at radius 2 is 2.00 bits per heavy atom. The molecule has 8 heteroatoms. The van der Waals surface area contributed by atoms with Crippen LogP contribution in [-0.2, 0) is 4.79 Å². The average molecular weight is 374 g/mol. The summed E-state index contributed by atoms with van der Waals surface area (Å²) in [6, 6.07) is 5.23. The van der Waals surface area contributed by atoms with E-state index in [2.05, 4.69) is 10.1 Å². The first-order valence-electron chi connectivity index (χ1n) is 9.05. The molecule has 0 saturated carbocycles. The Kier molecular flexibility index (Phi) is 5.25. The smallest absolute Gasteiger partial charge is 0.326 e. The molecule has 1 fully saturated rings. The van der Waals surface area contributed by atoms with E-state index in [0.29, 0.717) is 18.8 Å². The maximum Gasteiger partial charge on any atom is 0.326 e. The summed E-state index contributed by atoms with van der Waals surface area (Å²) in [4.78, 5) is 30.2. The van der Waals surface area contributed by atoms with Crippen LogP contribution >= 0.6 is 0 Å². The molecule has 2 aromatic rings. The molecular formula is C19H23FN4O3. The largest absolute Gasteiger partial charge is 0.480 e. The number of piperidine rings is 1. The van der Waals surface area contributed by atoms with Crippen molar-refractivity contribution in [1.29, 1.82) is 0 Å². The number of halogens is 1. The summed E-state index contributed by atoms with van der Waals surface area (Å²) in [5, 5.41) is 13.7. The van der Waals surface area contributed by atoms with E-state index >= 15 is 0 Å². The van der Waals surface area contributed by atoms with Crippen LogP contribution in [0.15, 0.2) is 24.3 Å². The zero-order valence-electron chi connectivity index (χ0n) is 15.6. The summed E-state index contributed by atoms with van der Waals surface area (Å²) in [5.41, 5.74) is 0.204. The van der Waals surface area contributed by atoms with Gasteiger partial charge in [-0.25, -0.2) is 18.9 Å². The van der Waals surface area contributed by atoms with Crippen molar-refractivity contribution in [1.82, 2.24) is 19.7 Å². The predicted molar refractivity (Wildman–Crippen MR) is 96.3 cm³/mol. The molecule has 1 aliphatic heterocycles. The first-order chi connectivity index (χ1) is 12.8. The summed E-state index contributed by atoms with van der Waals surface area (Å²) in [5.74, 6) is -1.58. The first-order valence-corrected chi connectivity index (χ1v) is 9.05. The van der Waals surface area contributed by atoms with Crippen LogP contribution in [0.3, 0.4) is 0 Å². The third-order valence-corrected chi connectivity index (χ3v) is 4.83. The SMILES string of the molecule is CC1CCN(C(=O)c2nc(C(C)C)n(-c3ccccc3F)n2)C(C(=O)O)C1. The molecule has 1 aliphatic rings. The second kappa shape index (κ2) is 7.46. The van der Waals surface area contributed by atoms with E-state index in [-0.39, 0.29) is 23.3 Å². The highest BCUT2D eigenvalue weighted by Crippen LogP contribution is 2.25. The lowest BCUT2D eigenvalue weighted by atomic mass is 9.92. The molecule has 1 aromatic heterocycles. The van der Waals surface area contributed by atoms with Crippen LogP contribution in [0.2, 0.25) is 0 Å². The van der Waals surface area contributed by atoms with E-state index in [1.54, 1.807) is 18.2 Å². The monoisotopic (exact) mass is 374 g/mol. The van der Waals surface area contributed by atoms with Crippen LogP contribution < -0.4 is 0 Å². The molecule has 0 aliphatic carbocycles. The van der Waals surface area contributed by atoms with Gasteiger partial charge in [-0.2, -0.15) is 0 Å². The van der Waals surface area contributed by atoms with Crippen molar-refractivity contribution in [2.75, 3.05) is 6.54 Å². The van der Waals surface area contributed by atoms with Crippen molar-refractivity contribution >= 4 is 11.9 Å². The summed E-state index contributed by atoms with van der Waals surface area (Å²) >= 11 is 0. The van der Waals surface area contributed by atoms with E-state index in [4.69, 9.17) is 0 Å². The summed E-state index contributed by atoms with van der Waals surface area (Å²) in [6.45, 7) is 6.05. The number of likely N-dealkylation sites (tertiary alicyclic amines) is 1. The van der Waals surface area contributed by atoms with E-state index < -0.39 is 23.7 Å². The Bertz CT molecular complexity index is 864. The van der Waals surface area contributed by atoms with Crippen LogP contribution in [0.1, 0.15) is 56.0 Å². The van der Waals surface area contributed by atoms with Crippen LogP contribution in [0.4, 0.5) is 4.39 Å². The van der Waals surface area contributed by atoms with Crippen LogP contribution in [-0.4, -0.2) is 49.2 Å². The topological polar surface area (TPSA) is 88.3 Å². The fourth-order valence-electron chi connectivity index (χ4n) is 3.34. The van der Waals surface area contributed by atoms with Crippen LogP contribution in [0.25, 0.3) is 5.69 Å². The Balaban J connectivity index is 2.00. The van der Waals surface area contributed by atoms with Crippen molar-refractivity contribution in [3.8, 4) is 5.69 Å². The fourth-order valence-corrected chi connectivity index (χ4v) is 3.34. The van der Waals surface area contributed by atoms with Crippen molar-refractivity contribution in [3.05, 3.63) is 41.7 Å². The maximum atomic E-state index is 14.2. The number of rotatable bonds is 4. The van der Waals surface area contributed by atoms with Gasteiger partial charge in [0, 0.05) is 12.5 Å². The number of carbonyl (C=O) groups excluding carboxylic acids is 1. The van der Waals surface area contributed by atoms with Crippen molar-refractivity contribution in [2.45, 2.75) is 45.6 Å². The zero-order valence-corrected chi connectivity index (χ0v) is 15.6. The van der Waals surface area contributed by atoms with Crippen molar-refractivity contribution in [2.24, 2.45) is 5.92 Å². The normalized spacial score (nSPS) is 20.1. The lowest BCUT2D eigenvalue weighted by Gasteiger charge is -2.35. The molecule has 1 amide bonds. The minimum Gasteiger partial charge on any atom is -0.480 e. The molecule has 27 heavy (non-hydrogen) atoms. The molecule has 1 N–H and O–H groups in total. The molecule has 0 bridgehead atoms. The second-order valence-electron chi connectivity index (χ2n) is 7.29. The third-order valence-electron chi connectivity index (χ3n) is 4.83. The third kappa shape index (κ3) is 3.70. The van der Waals surface area contributed by atoms with Crippen molar-refractivity contribution in [3.63, 3.8) is 0 Å². The average Bonchev–Trinajstić information content (AvgIpc) is 3.07.